The number of carbonyl (C=O) groups is 1. The lowest BCUT2D eigenvalue weighted by atomic mass is 10.4. The molecule has 4 nitrogen and oxygen atoms in total. The fourth-order valence-electron chi connectivity index (χ4n) is 0.671. The number of nitrogens with zero attached hydrogens (tertiary/aromatic N) is 1. The van der Waals surface area contributed by atoms with E-state index in [9.17, 15) is 4.79 Å². The van der Waals surface area contributed by atoms with E-state index in [1.165, 1.54) is 18.4 Å². The van der Waals surface area contributed by atoms with Crippen molar-refractivity contribution in [3.63, 3.8) is 0 Å². The van der Waals surface area contributed by atoms with Crippen molar-refractivity contribution in [3.05, 3.63) is 16.6 Å². The van der Waals surface area contributed by atoms with E-state index in [2.05, 4.69) is 4.98 Å². The molecule has 1 rings (SSSR count). The maximum atomic E-state index is 10.5. The van der Waals surface area contributed by atoms with Crippen LogP contribution in [0, 0.1) is 0 Å². The highest BCUT2D eigenvalue weighted by molar-refractivity contribution is 7.09. The van der Waals surface area contributed by atoms with E-state index in [0.717, 1.165) is 0 Å². The SMILES string of the molecule is CO[C@H](C(=O)O)c1nccs1. The zero-order valence-corrected chi connectivity index (χ0v) is 6.67. The Morgan fingerprint density at radius 1 is 1.91 bits per heavy atom. The first-order valence-electron chi connectivity index (χ1n) is 2.90. The van der Waals surface area contributed by atoms with E-state index >= 15 is 0 Å². The summed E-state index contributed by atoms with van der Waals surface area (Å²) in [5, 5.41) is 10.8. The molecule has 5 heteroatoms. The van der Waals surface area contributed by atoms with Gasteiger partial charge >= 0.3 is 5.97 Å². The second kappa shape index (κ2) is 3.45. The van der Waals surface area contributed by atoms with Crippen molar-refractivity contribution in [3.8, 4) is 0 Å². The number of hydrogen-bond acceptors (Lipinski definition) is 4. The van der Waals surface area contributed by atoms with Crippen molar-refractivity contribution in [1.82, 2.24) is 4.98 Å². The Hall–Kier alpha value is -0.940. The second-order valence-corrected chi connectivity index (χ2v) is 2.75. The first-order valence-corrected chi connectivity index (χ1v) is 3.78. The number of carboxylic acid groups (broad SMARTS) is 1. The molecule has 11 heavy (non-hydrogen) atoms. The summed E-state index contributed by atoms with van der Waals surface area (Å²) < 4.78 is 4.70. The minimum atomic E-state index is -1.01. The molecule has 0 aliphatic heterocycles. The molecule has 1 aromatic rings. The van der Waals surface area contributed by atoms with Gasteiger partial charge in [-0.25, -0.2) is 9.78 Å². The number of thiazole rings is 1. The number of carboxylic acids is 1. The molecule has 0 fully saturated rings. The van der Waals surface area contributed by atoms with Crippen molar-refractivity contribution in [2.75, 3.05) is 7.11 Å². The molecular weight excluding hydrogens is 166 g/mol. The Morgan fingerprint density at radius 3 is 3.00 bits per heavy atom. The average molecular weight is 173 g/mol. The van der Waals surface area contributed by atoms with Crippen molar-refractivity contribution in [2.45, 2.75) is 6.10 Å². The summed E-state index contributed by atoms with van der Waals surface area (Å²) >= 11 is 1.27. The number of aliphatic carboxylic acids is 1. The van der Waals surface area contributed by atoms with Crippen LogP contribution in [0.2, 0.25) is 0 Å². The minimum absolute atomic E-state index is 0.472. The maximum absolute atomic E-state index is 10.5. The zero-order valence-electron chi connectivity index (χ0n) is 5.85. The second-order valence-electron chi connectivity index (χ2n) is 1.82. The lowest BCUT2D eigenvalue weighted by Crippen LogP contribution is -2.12. The van der Waals surface area contributed by atoms with Crippen molar-refractivity contribution >= 4 is 17.3 Å². The van der Waals surface area contributed by atoms with E-state index in [1.54, 1.807) is 11.6 Å². The molecule has 1 aromatic heterocycles. The van der Waals surface area contributed by atoms with Crippen LogP contribution < -0.4 is 0 Å². The highest BCUT2D eigenvalue weighted by atomic mass is 32.1. The average Bonchev–Trinajstić information content (AvgIpc) is 2.40. The molecule has 1 N–H and O–H groups in total. The number of aromatic nitrogens is 1. The molecule has 0 aliphatic rings. The minimum Gasteiger partial charge on any atom is -0.479 e. The van der Waals surface area contributed by atoms with E-state index in [0.29, 0.717) is 5.01 Å². The summed E-state index contributed by atoms with van der Waals surface area (Å²) in [6.07, 6.45) is 0.629. The molecule has 0 spiro atoms. The van der Waals surface area contributed by atoms with E-state index < -0.39 is 12.1 Å². The van der Waals surface area contributed by atoms with E-state index in [4.69, 9.17) is 9.84 Å². The van der Waals surface area contributed by atoms with Gasteiger partial charge in [0.2, 0.25) is 6.10 Å². The highest BCUT2D eigenvalue weighted by Gasteiger charge is 2.20. The lowest BCUT2D eigenvalue weighted by molar-refractivity contribution is -0.148. The van der Waals surface area contributed by atoms with Crippen molar-refractivity contribution in [2.24, 2.45) is 0 Å². The Kier molecular flexibility index (Phi) is 2.56. The number of ether oxygens (including phenoxy) is 1. The zero-order chi connectivity index (χ0) is 8.27. The monoisotopic (exact) mass is 173 g/mol. The molecular formula is C6H7NO3S. The van der Waals surface area contributed by atoms with Crippen LogP contribution in [0.4, 0.5) is 0 Å². The third kappa shape index (κ3) is 1.75. The van der Waals surface area contributed by atoms with Crippen molar-refractivity contribution in [1.29, 1.82) is 0 Å². The fourth-order valence-corrected chi connectivity index (χ4v) is 1.37. The summed E-state index contributed by atoms with van der Waals surface area (Å²) in [7, 11) is 1.35. The normalized spacial score (nSPS) is 12.8. The topological polar surface area (TPSA) is 59.4 Å². The summed E-state index contributed by atoms with van der Waals surface area (Å²) in [6, 6.07) is 0. The Morgan fingerprint density at radius 2 is 2.64 bits per heavy atom. The van der Waals surface area contributed by atoms with Crippen LogP contribution in [-0.2, 0) is 9.53 Å². The van der Waals surface area contributed by atoms with Crippen LogP contribution in [0.25, 0.3) is 0 Å². The number of hydrogen-bond donors (Lipinski definition) is 1. The third-order valence-electron chi connectivity index (χ3n) is 1.14. The molecule has 0 saturated heterocycles. The molecule has 0 aromatic carbocycles. The molecule has 1 atom stereocenters. The molecule has 0 aliphatic carbocycles. The molecule has 0 bridgehead atoms. The van der Waals surface area contributed by atoms with Crippen LogP contribution >= 0.6 is 11.3 Å². The number of methoxy groups -OCH3 is 1. The Balaban J connectivity index is 2.79. The third-order valence-corrected chi connectivity index (χ3v) is 1.95. The van der Waals surface area contributed by atoms with Crippen LogP contribution in [0.15, 0.2) is 11.6 Å². The van der Waals surface area contributed by atoms with Gasteiger partial charge in [0.1, 0.15) is 5.01 Å². The van der Waals surface area contributed by atoms with Crippen LogP contribution in [-0.4, -0.2) is 23.2 Å². The van der Waals surface area contributed by atoms with Crippen LogP contribution in [0.1, 0.15) is 11.1 Å². The highest BCUT2D eigenvalue weighted by Crippen LogP contribution is 2.18. The van der Waals surface area contributed by atoms with Gasteiger partial charge < -0.3 is 9.84 Å². The van der Waals surface area contributed by atoms with Gasteiger partial charge in [0.15, 0.2) is 0 Å². The van der Waals surface area contributed by atoms with Gasteiger partial charge in [-0.15, -0.1) is 11.3 Å². The van der Waals surface area contributed by atoms with E-state index in [1.807, 2.05) is 0 Å². The van der Waals surface area contributed by atoms with Gasteiger partial charge in [0.05, 0.1) is 0 Å². The largest absolute Gasteiger partial charge is 0.479 e. The summed E-state index contributed by atoms with van der Waals surface area (Å²) in [4.78, 5) is 14.3. The van der Waals surface area contributed by atoms with Gasteiger partial charge in [0, 0.05) is 18.7 Å². The molecule has 0 amide bonds. The molecule has 0 saturated carbocycles. The smallest absolute Gasteiger partial charge is 0.340 e. The number of rotatable bonds is 3. The van der Waals surface area contributed by atoms with Gasteiger partial charge in [-0.2, -0.15) is 0 Å². The predicted octanol–water partition coefficient (Wildman–Crippen LogP) is 0.915. The quantitative estimate of drug-likeness (QED) is 0.738. The first-order chi connectivity index (χ1) is 5.25. The summed E-state index contributed by atoms with van der Waals surface area (Å²) in [5.41, 5.74) is 0. The fraction of sp³-hybridized carbons (Fsp3) is 0.333. The summed E-state index contributed by atoms with van der Waals surface area (Å²) in [6.45, 7) is 0. The van der Waals surface area contributed by atoms with Gasteiger partial charge in [-0.05, 0) is 0 Å². The standard InChI is InChI=1S/C6H7NO3S/c1-10-4(6(8)9)5-7-2-3-11-5/h2-4H,1H3,(H,8,9)/t4-/m0/s1. The Labute approximate surface area is 67.5 Å². The first kappa shape index (κ1) is 8.16. The van der Waals surface area contributed by atoms with Crippen LogP contribution in [0.3, 0.4) is 0 Å². The van der Waals surface area contributed by atoms with Gasteiger partial charge in [0.25, 0.3) is 0 Å². The predicted molar refractivity (Wildman–Crippen MR) is 39.5 cm³/mol. The lowest BCUT2D eigenvalue weighted by Gasteiger charge is -2.04. The maximum Gasteiger partial charge on any atom is 0.340 e. The molecule has 1 heterocycles. The van der Waals surface area contributed by atoms with E-state index in [-0.39, 0.29) is 0 Å². The van der Waals surface area contributed by atoms with Gasteiger partial charge in [-0.3, -0.25) is 0 Å². The van der Waals surface area contributed by atoms with Gasteiger partial charge in [-0.1, -0.05) is 0 Å². The molecule has 0 radical (unpaired) electrons. The van der Waals surface area contributed by atoms with Crippen molar-refractivity contribution < 1.29 is 14.6 Å². The molecule has 60 valence electrons. The van der Waals surface area contributed by atoms with Crippen LogP contribution in [0.5, 0.6) is 0 Å². The summed E-state index contributed by atoms with van der Waals surface area (Å²) in [5.74, 6) is -1.01. The molecule has 0 unspecified atom stereocenters. The Bertz CT molecular complexity index is 234.